The number of carbonyl (C=O) groups excluding carboxylic acids is 3. The Kier molecular flexibility index (Phi) is 11.7. The van der Waals surface area contributed by atoms with Gasteiger partial charge in [0.2, 0.25) is 17.7 Å². The molecule has 5 unspecified atom stereocenters. The number of aliphatic hydroxyl groups is 1. The number of aliphatic carboxylic acids is 1. The molecular formula is C26H40N6O6. The molecule has 1 heterocycles. The van der Waals surface area contributed by atoms with Crippen molar-refractivity contribution >= 4 is 34.6 Å². The molecular weight excluding hydrogens is 492 g/mol. The van der Waals surface area contributed by atoms with Gasteiger partial charge in [-0.3, -0.25) is 14.4 Å². The predicted molar refractivity (Wildman–Crippen MR) is 143 cm³/mol. The molecule has 10 N–H and O–H groups in total. The molecule has 0 aliphatic rings. The fourth-order valence-electron chi connectivity index (χ4n) is 4.06. The highest BCUT2D eigenvalue weighted by atomic mass is 16.4. The summed E-state index contributed by atoms with van der Waals surface area (Å²) in [7, 11) is 0. The number of hydrogen-bond acceptors (Lipinski definition) is 7. The molecule has 0 radical (unpaired) electrons. The molecule has 1 aromatic heterocycles. The molecule has 210 valence electrons. The van der Waals surface area contributed by atoms with Crippen LogP contribution in [0.3, 0.4) is 0 Å². The van der Waals surface area contributed by atoms with Crippen LogP contribution in [0.5, 0.6) is 0 Å². The second kappa shape index (κ2) is 14.5. The van der Waals surface area contributed by atoms with Gasteiger partial charge in [0.25, 0.3) is 0 Å². The Labute approximate surface area is 221 Å². The average molecular weight is 533 g/mol. The monoisotopic (exact) mass is 532 g/mol. The lowest BCUT2D eigenvalue weighted by molar-refractivity contribution is -0.144. The van der Waals surface area contributed by atoms with Gasteiger partial charge in [0.15, 0.2) is 0 Å². The first-order valence-corrected chi connectivity index (χ1v) is 12.8. The number of hydrogen-bond donors (Lipinski definition) is 8. The molecule has 38 heavy (non-hydrogen) atoms. The smallest absolute Gasteiger partial charge is 0.326 e. The first-order valence-electron chi connectivity index (χ1n) is 12.8. The number of nitrogens with two attached hydrogens (primary N) is 2. The molecule has 0 fully saturated rings. The van der Waals surface area contributed by atoms with Crippen molar-refractivity contribution in [2.75, 3.05) is 6.54 Å². The SMILES string of the molecule is CC(C)C(NC(=O)C(NC(=O)C(Cc1c[nH]c2ccccc12)NC(=O)C(N)CCCCN)C(C)O)C(=O)O. The van der Waals surface area contributed by atoms with Gasteiger partial charge in [0.05, 0.1) is 12.1 Å². The van der Waals surface area contributed by atoms with Crippen LogP contribution in [0.25, 0.3) is 10.9 Å². The van der Waals surface area contributed by atoms with Gasteiger partial charge in [-0.1, -0.05) is 38.5 Å². The average Bonchev–Trinajstić information content (AvgIpc) is 3.27. The lowest BCUT2D eigenvalue weighted by Gasteiger charge is -2.27. The van der Waals surface area contributed by atoms with Gasteiger partial charge in [-0.15, -0.1) is 0 Å². The lowest BCUT2D eigenvalue weighted by atomic mass is 10.0. The zero-order chi connectivity index (χ0) is 28.4. The minimum Gasteiger partial charge on any atom is -0.480 e. The summed E-state index contributed by atoms with van der Waals surface area (Å²) in [4.78, 5) is 53.8. The molecule has 1 aromatic carbocycles. The molecule has 0 saturated carbocycles. The minimum atomic E-state index is -1.45. The zero-order valence-corrected chi connectivity index (χ0v) is 22.1. The number of rotatable bonds is 15. The summed E-state index contributed by atoms with van der Waals surface area (Å²) in [5.41, 5.74) is 13.1. The molecule has 2 rings (SSSR count). The van der Waals surface area contributed by atoms with Crippen molar-refractivity contribution in [1.82, 2.24) is 20.9 Å². The molecule has 0 spiro atoms. The summed E-state index contributed by atoms with van der Waals surface area (Å²) in [6, 6.07) is 2.80. The van der Waals surface area contributed by atoms with E-state index in [2.05, 4.69) is 20.9 Å². The molecule has 3 amide bonds. The van der Waals surface area contributed by atoms with Gasteiger partial charge in [0.1, 0.15) is 18.1 Å². The summed E-state index contributed by atoms with van der Waals surface area (Å²) < 4.78 is 0. The summed E-state index contributed by atoms with van der Waals surface area (Å²) in [5, 5.41) is 28.0. The van der Waals surface area contributed by atoms with Crippen molar-refractivity contribution in [3.8, 4) is 0 Å². The van der Waals surface area contributed by atoms with Crippen LogP contribution in [-0.2, 0) is 25.6 Å². The van der Waals surface area contributed by atoms with Crippen LogP contribution in [0.15, 0.2) is 30.5 Å². The number of aromatic amines is 1. The number of carbonyl (C=O) groups is 4. The number of H-pyrrole nitrogens is 1. The van der Waals surface area contributed by atoms with Crippen LogP contribution >= 0.6 is 0 Å². The largest absolute Gasteiger partial charge is 0.480 e. The van der Waals surface area contributed by atoms with E-state index in [0.717, 1.165) is 16.5 Å². The Morgan fingerprint density at radius 2 is 1.61 bits per heavy atom. The maximum absolute atomic E-state index is 13.4. The summed E-state index contributed by atoms with van der Waals surface area (Å²) in [5.74, 6) is -3.79. The number of benzene rings is 1. The third-order valence-corrected chi connectivity index (χ3v) is 6.33. The highest BCUT2D eigenvalue weighted by Crippen LogP contribution is 2.19. The number of para-hydroxylation sites is 1. The van der Waals surface area contributed by atoms with Crippen LogP contribution < -0.4 is 27.4 Å². The van der Waals surface area contributed by atoms with E-state index in [1.807, 2.05) is 24.3 Å². The van der Waals surface area contributed by atoms with Crippen molar-refractivity contribution in [1.29, 1.82) is 0 Å². The van der Waals surface area contributed by atoms with E-state index in [-0.39, 0.29) is 6.42 Å². The molecule has 0 aliphatic carbocycles. The van der Waals surface area contributed by atoms with Crippen molar-refractivity contribution in [3.05, 3.63) is 36.0 Å². The van der Waals surface area contributed by atoms with Crippen LogP contribution in [0, 0.1) is 5.92 Å². The molecule has 0 saturated heterocycles. The number of unbranched alkanes of at least 4 members (excludes halogenated alkanes) is 1. The fourth-order valence-corrected chi connectivity index (χ4v) is 4.06. The van der Waals surface area contributed by atoms with E-state index in [1.54, 1.807) is 20.0 Å². The van der Waals surface area contributed by atoms with Crippen molar-refractivity contribution in [2.45, 2.75) is 76.7 Å². The minimum absolute atomic E-state index is 0.0784. The Morgan fingerprint density at radius 3 is 2.21 bits per heavy atom. The van der Waals surface area contributed by atoms with Crippen molar-refractivity contribution in [2.24, 2.45) is 17.4 Å². The van der Waals surface area contributed by atoms with Gasteiger partial charge >= 0.3 is 5.97 Å². The maximum Gasteiger partial charge on any atom is 0.326 e. The molecule has 2 aromatic rings. The highest BCUT2D eigenvalue weighted by Gasteiger charge is 2.33. The molecule has 12 heteroatoms. The Balaban J connectivity index is 2.26. The van der Waals surface area contributed by atoms with Crippen LogP contribution in [0.4, 0.5) is 0 Å². The number of aromatic nitrogens is 1. The summed E-state index contributed by atoms with van der Waals surface area (Å²) in [6.07, 6.45) is 2.21. The van der Waals surface area contributed by atoms with E-state index >= 15 is 0 Å². The van der Waals surface area contributed by atoms with Crippen molar-refractivity contribution in [3.63, 3.8) is 0 Å². The Hall–Kier alpha value is -3.48. The number of fused-ring (bicyclic) bond motifs is 1. The number of carboxylic acids is 1. The fraction of sp³-hybridized carbons (Fsp3) is 0.538. The number of carboxylic acid groups (broad SMARTS) is 1. The van der Waals surface area contributed by atoms with E-state index in [4.69, 9.17) is 11.5 Å². The molecule has 12 nitrogen and oxygen atoms in total. The van der Waals surface area contributed by atoms with Crippen LogP contribution in [0.1, 0.15) is 45.6 Å². The summed E-state index contributed by atoms with van der Waals surface area (Å²) >= 11 is 0. The quantitative estimate of drug-likeness (QED) is 0.143. The third kappa shape index (κ3) is 8.54. The highest BCUT2D eigenvalue weighted by molar-refractivity contribution is 5.95. The third-order valence-electron chi connectivity index (χ3n) is 6.33. The van der Waals surface area contributed by atoms with Gasteiger partial charge in [0, 0.05) is 23.5 Å². The van der Waals surface area contributed by atoms with Gasteiger partial charge in [-0.25, -0.2) is 4.79 Å². The first-order chi connectivity index (χ1) is 18.0. The van der Waals surface area contributed by atoms with Gasteiger partial charge < -0.3 is 42.6 Å². The molecule has 5 atom stereocenters. The van der Waals surface area contributed by atoms with Gasteiger partial charge in [-0.2, -0.15) is 0 Å². The first kappa shape index (κ1) is 30.7. The van der Waals surface area contributed by atoms with E-state index in [9.17, 15) is 29.4 Å². The van der Waals surface area contributed by atoms with Crippen molar-refractivity contribution < 1.29 is 29.4 Å². The number of amides is 3. The Bertz CT molecular complexity index is 1100. The zero-order valence-electron chi connectivity index (χ0n) is 22.1. The van der Waals surface area contributed by atoms with Crippen LogP contribution in [-0.4, -0.2) is 75.7 Å². The molecule has 0 bridgehead atoms. The standard InChI is InChI=1S/C26H40N6O6/c1-14(2)21(26(37)38)31-25(36)22(15(3)33)32-24(35)20(30-23(34)18(28)9-6-7-11-27)12-16-13-29-19-10-5-4-8-17(16)19/h4-5,8,10,13-15,18,20-22,29,33H,6-7,9,11-12,27-28H2,1-3H3,(H,30,34)(H,31,36)(H,32,35)(H,37,38). The second-order valence-corrected chi connectivity index (χ2v) is 9.81. The number of aliphatic hydroxyl groups excluding tert-OH is 1. The van der Waals surface area contributed by atoms with E-state index in [1.165, 1.54) is 6.92 Å². The van der Waals surface area contributed by atoms with E-state index < -0.39 is 59.9 Å². The predicted octanol–water partition coefficient (Wildman–Crippen LogP) is -0.257. The normalized spacial score (nSPS) is 15.3. The van der Waals surface area contributed by atoms with Crippen LogP contribution in [0.2, 0.25) is 0 Å². The molecule has 0 aliphatic heterocycles. The second-order valence-electron chi connectivity index (χ2n) is 9.81. The summed E-state index contributed by atoms with van der Waals surface area (Å²) in [6.45, 7) is 5.02. The van der Waals surface area contributed by atoms with E-state index in [0.29, 0.717) is 25.8 Å². The lowest BCUT2D eigenvalue weighted by Crippen LogP contribution is -2.60. The topological polar surface area (TPSA) is 213 Å². The van der Waals surface area contributed by atoms with Gasteiger partial charge in [-0.05, 0) is 43.9 Å². The number of nitrogens with one attached hydrogen (secondary N) is 4. The Morgan fingerprint density at radius 1 is 0.947 bits per heavy atom. The maximum atomic E-state index is 13.4.